The van der Waals surface area contributed by atoms with Crippen molar-refractivity contribution < 1.29 is 4.39 Å². The fourth-order valence-electron chi connectivity index (χ4n) is 1.77. The first-order valence-corrected chi connectivity index (χ1v) is 6.45. The molecule has 0 saturated carbocycles. The van der Waals surface area contributed by atoms with Crippen molar-refractivity contribution in [2.24, 2.45) is 0 Å². The molecule has 1 N–H and O–H groups in total. The Morgan fingerprint density at radius 1 is 1.16 bits per heavy atom. The first-order chi connectivity index (χ1) is 9.15. The van der Waals surface area contributed by atoms with Crippen LogP contribution in [0.15, 0.2) is 36.7 Å². The highest BCUT2D eigenvalue weighted by Gasteiger charge is 2.02. The van der Waals surface area contributed by atoms with Crippen LogP contribution in [0.3, 0.4) is 0 Å². The Hall–Kier alpha value is -1.97. The molecular weight excluding hydrogens is 241 g/mol. The van der Waals surface area contributed by atoms with E-state index in [9.17, 15) is 4.39 Å². The summed E-state index contributed by atoms with van der Waals surface area (Å²) in [5.74, 6) is 1.02. The summed E-state index contributed by atoms with van der Waals surface area (Å²) in [7, 11) is 0. The summed E-state index contributed by atoms with van der Waals surface area (Å²) in [5, 5.41) is 3.26. The van der Waals surface area contributed by atoms with Crippen molar-refractivity contribution in [1.29, 1.82) is 0 Å². The van der Waals surface area contributed by atoms with Crippen molar-refractivity contribution in [3.63, 3.8) is 0 Å². The second-order valence-electron chi connectivity index (χ2n) is 4.79. The van der Waals surface area contributed by atoms with Crippen LogP contribution in [0, 0.1) is 5.82 Å². The zero-order chi connectivity index (χ0) is 13.7. The third kappa shape index (κ3) is 4.02. The van der Waals surface area contributed by atoms with Crippen molar-refractivity contribution in [2.75, 3.05) is 11.9 Å². The Balaban J connectivity index is 1.88. The Morgan fingerprint density at radius 3 is 2.58 bits per heavy atom. The molecule has 0 radical (unpaired) electrons. The summed E-state index contributed by atoms with van der Waals surface area (Å²) in [6, 6.07) is 8.54. The molecule has 0 spiro atoms. The maximum atomic E-state index is 12.8. The summed E-state index contributed by atoms with van der Waals surface area (Å²) in [4.78, 5) is 8.41. The number of benzene rings is 1. The highest BCUT2D eigenvalue weighted by atomic mass is 19.1. The van der Waals surface area contributed by atoms with E-state index in [1.54, 1.807) is 18.5 Å². The lowest BCUT2D eigenvalue weighted by molar-refractivity contribution is 0.627. The van der Waals surface area contributed by atoms with Crippen LogP contribution in [0.25, 0.3) is 0 Å². The lowest BCUT2D eigenvalue weighted by Crippen LogP contribution is -2.07. The standard InChI is InChI=1S/C15H18FN3/c1-11(2)14-9-15(19-10-18-14)17-8-7-12-3-5-13(16)6-4-12/h3-6,9-11H,7-8H2,1-2H3,(H,17,18,19). The second kappa shape index (κ2) is 6.27. The molecule has 0 unspecified atom stereocenters. The average molecular weight is 259 g/mol. The molecule has 19 heavy (non-hydrogen) atoms. The minimum atomic E-state index is -0.200. The molecule has 0 aliphatic heterocycles. The van der Waals surface area contributed by atoms with Gasteiger partial charge in [0.15, 0.2) is 0 Å². The molecule has 4 heteroatoms. The van der Waals surface area contributed by atoms with E-state index in [4.69, 9.17) is 0 Å². The van der Waals surface area contributed by atoms with Crippen molar-refractivity contribution in [2.45, 2.75) is 26.2 Å². The summed E-state index contributed by atoms with van der Waals surface area (Å²) in [6.45, 7) is 4.97. The van der Waals surface area contributed by atoms with E-state index < -0.39 is 0 Å². The molecule has 1 aromatic heterocycles. The predicted molar refractivity (Wildman–Crippen MR) is 74.7 cm³/mol. The maximum Gasteiger partial charge on any atom is 0.129 e. The van der Waals surface area contributed by atoms with E-state index >= 15 is 0 Å². The SMILES string of the molecule is CC(C)c1cc(NCCc2ccc(F)cc2)ncn1. The van der Waals surface area contributed by atoms with Gasteiger partial charge in [-0.05, 0) is 30.0 Å². The van der Waals surface area contributed by atoms with E-state index in [1.165, 1.54) is 12.1 Å². The van der Waals surface area contributed by atoms with E-state index in [0.717, 1.165) is 30.0 Å². The maximum absolute atomic E-state index is 12.8. The van der Waals surface area contributed by atoms with E-state index in [-0.39, 0.29) is 5.82 Å². The Morgan fingerprint density at radius 2 is 1.89 bits per heavy atom. The first kappa shape index (κ1) is 13.5. The van der Waals surface area contributed by atoms with Crippen LogP contribution in [0.2, 0.25) is 0 Å². The molecule has 0 amide bonds. The largest absolute Gasteiger partial charge is 0.370 e. The van der Waals surface area contributed by atoms with Crippen LogP contribution in [0.4, 0.5) is 10.2 Å². The van der Waals surface area contributed by atoms with E-state index in [2.05, 4.69) is 29.1 Å². The van der Waals surface area contributed by atoms with Crippen molar-refractivity contribution in [1.82, 2.24) is 9.97 Å². The molecular formula is C15H18FN3. The summed E-state index contributed by atoms with van der Waals surface area (Å²) >= 11 is 0. The highest BCUT2D eigenvalue weighted by Crippen LogP contribution is 2.13. The molecule has 1 heterocycles. The molecule has 0 saturated heterocycles. The molecule has 3 nitrogen and oxygen atoms in total. The quantitative estimate of drug-likeness (QED) is 0.894. The predicted octanol–water partition coefficient (Wildman–Crippen LogP) is 3.39. The molecule has 2 rings (SSSR count). The van der Waals surface area contributed by atoms with E-state index in [1.807, 2.05) is 6.07 Å². The number of anilines is 1. The number of nitrogens with zero attached hydrogens (tertiary/aromatic N) is 2. The van der Waals surface area contributed by atoms with Crippen molar-refractivity contribution in [3.8, 4) is 0 Å². The van der Waals surface area contributed by atoms with Crippen LogP contribution < -0.4 is 5.32 Å². The van der Waals surface area contributed by atoms with Gasteiger partial charge in [-0.3, -0.25) is 0 Å². The van der Waals surface area contributed by atoms with Gasteiger partial charge in [-0.1, -0.05) is 26.0 Å². The highest BCUT2D eigenvalue weighted by molar-refractivity contribution is 5.35. The zero-order valence-corrected chi connectivity index (χ0v) is 11.2. The van der Waals surface area contributed by atoms with Gasteiger partial charge in [0.2, 0.25) is 0 Å². The van der Waals surface area contributed by atoms with Gasteiger partial charge in [-0.25, -0.2) is 14.4 Å². The van der Waals surface area contributed by atoms with Crippen LogP contribution in [-0.2, 0) is 6.42 Å². The molecule has 100 valence electrons. The van der Waals surface area contributed by atoms with Crippen LogP contribution in [0.5, 0.6) is 0 Å². The summed E-state index contributed by atoms with van der Waals surface area (Å²) in [6.07, 6.45) is 2.41. The van der Waals surface area contributed by atoms with Gasteiger partial charge in [0.25, 0.3) is 0 Å². The average Bonchev–Trinajstić information content (AvgIpc) is 2.41. The van der Waals surface area contributed by atoms with Gasteiger partial charge in [0, 0.05) is 18.3 Å². The molecule has 2 aromatic rings. The third-order valence-electron chi connectivity index (χ3n) is 2.91. The molecule has 0 bridgehead atoms. The second-order valence-corrected chi connectivity index (χ2v) is 4.79. The number of rotatable bonds is 5. The fraction of sp³-hybridized carbons (Fsp3) is 0.333. The Kier molecular flexibility index (Phi) is 4.44. The smallest absolute Gasteiger partial charge is 0.129 e. The summed E-state index contributed by atoms with van der Waals surface area (Å²) < 4.78 is 12.8. The van der Waals surface area contributed by atoms with Gasteiger partial charge in [0.05, 0.1) is 0 Å². The molecule has 1 aromatic carbocycles. The topological polar surface area (TPSA) is 37.8 Å². The summed E-state index contributed by atoms with van der Waals surface area (Å²) in [5.41, 5.74) is 2.13. The van der Waals surface area contributed by atoms with Crippen LogP contribution in [0.1, 0.15) is 31.0 Å². The number of hydrogen-bond acceptors (Lipinski definition) is 3. The van der Waals surface area contributed by atoms with Gasteiger partial charge in [0.1, 0.15) is 18.0 Å². The zero-order valence-electron chi connectivity index (χ0n) is 11.2. The normalized spacial score (nSPS) is 10.7. The Bertz CT molecular complexity index is 523. The van der Waals surface area contributed by atoms with Gasteiger partial charge in [-0.15, -0.1) is 0 Å². The first-order valence-electron chi connectivity index (χ1n) is 6.45. The Labute approximate surface area is 112 Å². The van der Waals surface area contributed by atoms with Crippen molar-refractivity contribution in [3.05, 3.63) is 53.7 Å². The molecule has 0 fully saturated rings. The third-order valence-corrected chi connectivity index (χ3v) is 2.91. The number of hydrogen-bond donors (Lipinski definition) is 1. The van der Waals surface area contributed by atoms with Gasteiger partial charge in [-0.2, -0.15) is 0 Å². The number of aromatic nitrogens is 2. The number of halogens is 1. The molecule has 0 aliphatic rings. The fourth-order valence-corrected chi connectivity index (χ4v) is 1.77. The molecule has 0 aliphatic carbocycles. The number of nitrogens with one attached hydrogen (secondary N) is 1. The van der Waals surface area contributed by atoms with Gasteiger partial charge < -0.3 is 5.32 Å². The van der Waals surface area contributed by atoms with Gasteiger partial charge >= 0.3 is 0 Å². The van der Waals surface area contributed by atoms with Crippen molar-refractivity contribution >= 4 is 5.82 Å². The van der Waals surface area contributed by atoms with Crippen LogP contribution in [-0.4, -0.2) is 16.5 Å². The minimum Gasteiger partial charge on any atom is -0.370 e. The molecule has 0 atom stereocenters. The lowest BCUT2D eigenvalue weighted by atomic mass is 10.1. The van der Waals surface area contributed by atoms with E-state index in [0.29, 0.717) is 5.92 Å². The van der Waals surface area contributed by atoms with Crippen LogP contribution >= 0.6 is 0 Å². The lowest BCUT2D eigenvalue weighted by Gasteiger charge is -2.08. The monoisotopic (exact) mass is 259 g/mol. The minimum absolute atomic E-state index is 0.200.